The van der Waals surface area contributed by atoms with Crippen molar-refractivity contribution in [2.75, 3.05) is 33.3 Å². The highest BCUT2D eigenvalue weighted by atomic mass is 16.5. The van der Waals surface area contributed by atoms with Crippen LogP contribution in [0.2, 0.25) is 0 Å². The highest BCUT2D eigenvalue weighted by Crippen LogP contribution is 2.52. The first-order valence-corrected chi connectivity index (χ1v) is 21.6. The minimum absolute atomic E-state index is 0.403. The molecule has 0 amide bonds. The van der Waals surface area contributed by atoms with E-state index in [1.165, 1.54) is 0 Å². The summed E-state index contributed by atoms with van der Waals surface area (Å²) >= 11 is 0. The Morgan fingerprint density at radius 3 is 1.08 bits per heavy atom. The molecule has 1 aliphatic rings. The molecule has 8 heteroatoms. The van der Waals surface area contributed by atoms with Crippen molar-refractivity contribution in [2.45, 2.75) is 24.3 Å². The number of hydrogen-bond donors (Lipinski definition) is 2. The van der Waals surface area contributed by atoms with Crippen molar-refractivity contribution in [3.05, 3.63) is 227 Å². The number of aromatic nitrogens is 1. The standard InChI is InChI=1S/C57H48N2O6/c1-62-44-21-13-39(14-22-44)56(60,40-15-23-45(63-2)24-16-40)52-33-37-9-5-7-11-48(37)54-50(52)35-59(43-29-31-58-32-30-43)36-51-53(34-38-10-6-8-12-49(38)55(51)54)57(61,41-17-25-46(64-3)26-18-41)42-19-27-47(65-4)28-20-42/h5-34,60-61H,35-36H2,1-4H3. The zero-order chi connectivity index (χ0) is 44.7. The molecule has 8 nitrogen and oxygen atoms in total. The number of anilines is 1. The molecule has 1 aromatic heterocycles. The van der Waals surface area contributed by atoms with Crippen LogP contribution in [0.15, 0.2) is 182 Å². The first-order valence-electron chi connectivity index (χ1n) is 21.6. The Bertz CT molecular complexity index is 2860. The van der Waals surface area contributed by atoms with Gasteiger partial charge in [0.2, 0.25) is 0 Å². The summed E-state index contributed by atoms with van der Waals surface area (Å²) in [5.74, 6) is 2.73. The fraction of sp³-hybridized carbons (Fsp3) is 0.140. The molecule has 0 saturated heterocycles. The van der Waals surface area contributed by atoms with Crippen LogP contribution in [-0.4, -0.2) is 43.6 Å². The van der Waals surface area contributed by atoms with Crippen molar-refractivity contribution in [1.29, 1.82) is 0 Å². The maximum atomic E-state index is 14.0. The lowest BCUT2D eigenvalue weighted by atomic mass is 9.73. The van der Waals surface area contributed by atoms with Crippen LogP contribution in [0.3, 0.4) is 0 Å². The van der Waals surface area contributed by atoms with Crippen molar-refractivity contribution < 1.29 is 29.2 Å². The molecule has 0 spiro atoms. The smallest absolute Gasteiger partial charge is 0.140 e. The molecule has 0 atom stereocenters. The lowest BCUT2D eigenvalue weighted by Crippen LogP contribution is -2.33. The number of pyridine rings is 1. The van der Waals surface area contributed by atoms with E-state index in [1.807, 2.05) is 121 Å². The lowest BCUT2D eigenvalue weighted by Gasteiger charge is -2.35. The van der Waals surface area contributed by atoms with E-state index in [9.17, 15) is 10.2 Å². The molecule has 0 aliphatic carbocycles. The molecular weight excluding hydrogens is 809 g/mol. The minimum Gasteiger partial charge on any atom is -0.497 e. The van der Waals surface area contributed by atoms with Gasteiger partial charge in [0.1, 0.15) is 34.2 Å². The third kappa shape index (κ3) is 6.99. The van der Waals surface area contributed by atoms with Gasteiger partial charge in [-0.15, -0.1) is 0 Å². The largest absolute Gasteiger partial charge is 0.497 e. The van der Waals surface area contributed by atoms with Gasteiger partial charge in [-0.2, -0.15) is 0 Å². The second-order valence-corrected chi connectivity index (χ2v) is 16.4. The first kappa shape index (κ1) is 41.4. The first-order chi connectivity index (χ1) is 31.8. The molecule has 8 aromatic carbocycles. The van der Waals surface area contributed by atoms with Gasteiger partial charge in [-0.05, 0) is 150 Å². The van der Waals surface area contributed by atoms with Crippen LogP contribution in [0.5, 0.6) is 23.0 Å². The third-order valence-corrected chi connectivity index (χ3v) is 13.1. The van der Waals surface area contributed by atoms with Crippen LogP contribution in [0.1, 0.15) is 44.5 Å². The summed E-state index contributed by atoms with van der Waals surface area (Å²) in [6.45, 7) is 0.806. The van der Waals surface area contributed by atoms with Gasteiger partial charge in [-0.3, -0.25) is 4.98 Å². The average Bonchev–Trinajstić information content (AvgIpc) is 3.56. The second kappa shape index (κ2) is 16.8. The fourth-order valence-corrected chi connectivity index (χ4v) is 9.79. The Morgan fingerprint density at radius 2 is 0.754 bits per heavy atom. The van der Waals surface area contributed by atoms with E-state index in [-0.39, 0.29) is 0 Å². The number of fused-ring (bicyclic) bond motifs is 7. The van der Waals surface area contributed by atoms with E-state index in [4.69, 9.17) is 18.9 Å². The number of nitrogens with zero attached hydrogens (tertiary/aromatic N) is 2. The number of ether oxygens (including phenoxy) is 4. The summed E-state index contributed by atoms with van der Waals surface area (Å²) < 4.78 is 22.5. The fourth-order valence-electron chi connectivity index (χ4n) is 9.79. The maximum absolute atomic E-state index is 14.0. The highest BCUT2D eigenvalue weighted by Gasteiger charge is 2.42. The van der Waals surface area contributed by atoms with Crippen molar-refractivity contribution in [3.8, 4) is 34.1 Å². The Balaban J connectivity index is 1.38. The molecular formula is C57H48N2O6. The van der Waals surface area contributed by atoms with E-state index >= 15 is 0 Å². The Hall–Kier alpha value is -7.65. The Kier molecular flexibility index (Phi) is 10.7. The Labute approximate surface area is 378 Å². The van der Waals surface area contributed by atoms with E-state index in [0.29, 0.717) is 58.3 Å². The lowest BCUT2D eigenvalue weighted by molar-refractivity contribution is 0.124. The van der Waals surface area contributed by atoms with Gasteiger partial charge in [-0.1, -0.05) is 97.1 Å². The molecule has 0 saturated carbocycles. The number of benzene rings is 8. The van der Waals surface area contributed by atoms with E-state index in [2.05, 4.69) is 58.4 Å². The summed E-state index contributed by atoms with van der Waals surface area (Å²) in [5, 5.41) is 31.9. The summed E-state index contributed by atoms with van der Waals surface area (Å²) in [6.07, 6.45) is 3.61. The molecule has 2 N–H and O–H groups in total. The van der Waals surface area contributed by atoms with E-state index < -0.39 is 11.2 Å². The molecule has 2 heterocycles. The predicted molar refractivity (Wildman–Crippen MR) is 257 cm³/mol. The van der Waals surface area contributed by atoms with Crippen LogP contribution in [0.25, 0.3) is 32.7 Å². The molecule has 0 bridgehead atoms. The Morgan fingerprint density at radius 1 is 0.431 bits per heavy atom. The second-order valence-electron chi connectivity index (χ2n) is 16.4. The summed E-state index contributed by atoms with van der Waals surface area (Å²) in [7, 11) is 6.56. The molecule has 1 aliphatic heterocycles. The van der Waals surface area contributed by atoms with Gasteiger partial charge < -0.3 is 34.1 Å². The summed E-state index contributed by atoms with van der Waals surface area (Å²) in [4.78, 5) is 6.74. The third-order valence-electron chi connectivity index (χ3n) is 13.1. The van der Waals surface area contributed by atoms with Gasteiger partial charge in [-0.25, -0.2) is 0 Å². The van der Waals surface area contributed by atoms with Crippen molar-refractivity contribution in [2.24, 2.45) is 0 Å². The van der Waals surface area contributed by atoms with Crippen LogP contribution in [0.4, 0.5) is 5.69 Å². The van der Waals surface area contributed by atoms with Crippen LogP contribution < -0.4 is 23.8 Å². The molecule has 0 radical (unpaired) electrons. The zero-order valence-electron chi connectivity index (χ0n) is 36.7. The molecule has 9 aromatic rings. The number of rotatable bonds is 11. The van der Waals surface area contributed by atoms with Gasteiger partial charge in [0.25, 0.3) is 0 Å². The molecule has 0 fully saturated rings. The number of methoxy groups -OCH3 is 4. The molecule has 65 heavy (non-hydrogen) atoms. The minimum atomic E-state index is -1.67. The predicted octanol–water partition coefficient (Wildman–Crippen LogP) is 11.2. The van der Waals surface area contributed by atoms with Gasteiger partial charge in [0, 0.05) is 31.2 Å². The molecule has 322 valence electrons. The van der Waals surface area contributed by atoms with Crippen molar-refractivity contribution in [3.63, 3.8) is 0 Å². The zero-order valence-corrected chi connectivity index (χ0v) is 36.7. The topological polar surface area (TPSA) is 93.5 Å². The maximum Gasteiger partial charge on any atom is 0.140 e. The quantitative estimate of drug-likeness (QED) is 0.124. The summed E-state index contributed by atoms with van der Waals surface area (Å²) in [6, 6.07) is 55.8. The van der Waals surface area contributed by atoms with Crippen molar-refractivity contribution in [1.82, 2.24) is 4.98 Å². The van der Waals surface area contributed by atoms with Gasteiger partial charge in [0.15, 0.2) is 0 Å². The van der Waals surface area contributed by atoms with Crippen LogP contribution in [-0.2, 0) is 24.3 Å². The van der Waals surface area contributed by atoms with E-state index in [1.54, 1.807) is 40.8 Å². The van der Waals surface area contributed by atoms with Crippen LogP contribution in [0, 0.1) is 0 Å². The normalized spacial score (nSPS) is 12.6. The molecule has 10 rings (SSSR count). The monoisotopic (exact) mass is 856 g/mol. The SMILES string of the molecule is COc1ccc(C(O)(c2ccc(OC)cc2)c2cc3ccccc3c3c2CN(c2ccncc2)Cc2c(C(O)(c4ccc(OC)cc4)c4ccc(OC)cc4)cc4ccccc4c2-3)cc1. The highest BCUT2D eigenvalue weighted by molar-refractivity contribution is 6.09. The number of hydrogen-bond acceptors (Lipinski definition) is 8. The van der Waals surface area contributed by atoms with Crippen molar-refractivity contribution >= 4 is 27.2 Å². The molecule has 0 unspecified atom stereocenters. The van der Waals surface area contributed by atoms with Gasteiger partial charge in [0.05, 0.1) is 28.4 Å². The summed E-state index contributed by atoms with van der Waals surface area (Å²) in [5.41, 5.74) is 5.59. The van der Waals surface area contributed by atoms with Gasteiger partial charge >= 0.3 is 0 Å². The van der Waals surface area contributed by atoms with Crippen LogP contribution >= 0.6 is 0 Å². The van der Waals surface area contributed by atoms with E-state index in [0.717, 1.165) is 60.6 Å². The number of aliphatic hydroxyl groups is 2. The average molecular weight is 857 g/mol.